The van der Waals surface area contributed by atoms with Crippen molar-refractivity contribution in [3.8, 4) is 0 Å². The number of aliphatic hydroxyl groups is 1. The Bertz CT molecular complexity index is 685. The van der Waals surface area contributed by atoms with Crippen molar-refractivity contribution in [2.24, 2.45) is 0 Å². The van der Waals surface area contributed by atoms with Gasteiger partial charge in [0.2, 0.25) is 0 Å². The van der Waals surface area contributed by atoms with Gasteiger partial charge in [0.1, 0.15) is 11.9 Å². The number of nitrogens with one attached hydrogen (secondary N) is 2. The molecule has 4 rings (SSSR count). The Morgan fingerprint density at radius 2 is 2.18 bits per heavy atom. The standard InChI is InChI=1S/C17H19N3O2/c21-10-16(22-13-4-5-13)11-3-6-14-15(8-11)19-9-12-2-1-7-18-17(12)20-14/h1-3,6-8,13,16,19,21H,4-5,9-10H2,(H,18,20). The molecular weight excluding hydrogens is 278 g/mol. The van der Waals surface area contributed by atoms with E-state index in [1.807, 2.05) is 18.2 Å². The molecule has 1 saturated carbocycles. The lowest BCUT2D eigenvalue weighted by molar-refractivity contribution is 0.000816. The molecule has 1 aromatic heterocycles. The second-order valence-corrected chi connectivity index (χ2v) is 5.80. The highest BCUT2D eigenvalue weighted by Crippen LogP contribution is 2.35. The molecule has 0 radical (unpaired) electrons. The predicted molar refractivity (Wildman–Crippen MR) is 85.2 cm³/mol. The Morgan fingerprint density at radius 1 is 1.27 bits per heavy atom. The minimum Gasteiger partial charge on any atom is -0.393 e. The summed E-state index contributed by atoms with van der Waals surface area (Å²) < 4.78 is 5.87. The Labute approximate surface area is 129 Å². The fourth-order valence-corrected chi connectivity index (χ4v) is 2.69. The number of fused-ring (bicyclic) bond motifs is 2. The largest absolute Gasteiger partial charge is 0.393 e. The van der Waals surface area contributed by atoms with E-state index in [-0.39, 0.29) is 12.7 Å². The molecule has 1 unspecified atom stereocenters. The van der Waals surface area contributed by atoms with Crippen molar-refractivity contribution in [3.05, 3.63) is 47.7 Å². The van der Waals surface area contributed by atoms with Gasteiger partial charge in [0.05, 0.1) is 24.1 Å². The van der Waals surface area contributed by atoms with Gasteiger partial charge in [-0.05, 0) is 36.6 Å². The number of hydrogen-bond acceptors (Lipinski definition) is 5. The summed E-state index contributed by atoms with van der Waals surface area (Å²) in [5.74, 6) is 0.884. The van der Waals surface area contributed by atoms with Crippen LogP contribution in [-0.2, 0) is 11.3 Å². The molecule has 1 fully saturated rings. The monoisotopic (exact) mass is 297 g/mol. The summed E-state index contributed by atoms with van der Waals surface area (Å²) in [5, 5.41) is 16.4. The van der Waals surface area contributed by atoms with Gasteiger partial charge in [-0.25, -0.2) is 4.98 Å². The zero-order valence-electron chi connectivity index (χ0n) is 12.2. The van der Waals surface area contributed by atoms with Crippen molar-refractivity contribution in [1.29, 1.82) is 0 Å². The molecule has 2 aromatic rings. The van der Waals surface area contributed by atoms with Crippen LogP contribution in [0.3, 0.4) is 0 Å². The first-order chi connectivity index (χ1) is 10.8. The molecule has 114 valence electrons. The Kier molecular flexibility index (Phi) is 3.44. The molecule has 0 saturated heterocycles. The minimum absolute atomic E-state index is 0.00446. The molecular formula is C17H19N3O2. The average molecular weight is 297 g/mol. The smallest absolute Gasteiger partial charge is 0.135 e. The van der Waals surface area contributed by atoms with Crippen LogP contribution in [0.2, 0.25) is 0 Å². The lowest BCUT2D eigenvalue weighted by Crippen LogP contribution is -2.11. The summed E-state index contributed by atoms with van der Waals surface area (Å²) >= 11 is 0. The van der Waals surface area contributed by atoms with Crippen LogP contribution in [0.25, 0.3) is 0 Å². The first-order valence-corrected chi connectivity index (χ1v) is 7.68. The van der Waals surface area contributed by atoms with Crippen molar-refractivity contribution in [1.82, 2.24) is 4.98 Å². The summed E-state index contributed by atoms with van der Waals surface area (Å²) in [5.41, 5.74) is 4.13. The molecule has 0 bridgehead atoms. The lowest BCUT2D eigenvalue weighted by atomic mass is 10.1. The zero-order chi connectivity index (χ0) is 14.9. The quantitative estimate of drug-likeness (QED) is 0.809. The number of aliphatic hydroxyl groups excluding tert-OH is 1. The Hall–Kier alpha value is -2.11. The van der Waals surface area contributed by atoms with Gasteiger partial charge in [0.15, 0.2) is 0 Å². The van der Waals surface area contributed by atoms with E-state index >= 15 is 0 Å². The highest BCUT2D eigenvalue weighted by Gasteiger charge is 2.27. The van der Waals surface area contributed by atoms with Crippen molar-refractivity contribution in [3.63, 3.8) is 0 Å². The fourth-order valence-electron chi connectivity index (χ4n) is 2.69. The number of ether oxygens (including phenoxy) is 1. The topological polar surface area (TPSA) is 66.4 Å². The van der Waals surface area contributed by atoms with Crippen LogP contribution in [-0.4, -0.2) is 22.8 Å². The lowest BCUT2D eigenvalue weighted by Gasteiger charge is -2.18. The maximum Gasteiger partial charge on any atom is 0.135 e. The van der Waals surface area contributed by atoms with Crippen LogP contribution in [0, 0.1) is 0 Å². The van der Waals surface area contributed by atoms with Gasteiger partial charge in [-0.3, -0.25) is 0 Å². The summed E-state index contributed by atoms with van der Waals surface area (Å²) in [4.78, 5) is 4.38. The van der Waals surface area contributed by atoms with E-state index in [2.05, 4.69) is 27.8 Å². The summed E-state index contributed by atoms with van der Waals surface area (Å²) in [6.45, 7) is 0.727. The molecule has 5 heteroatoms. The van der Waals surface area contributed by atoms with Crippen LogP contribution in [0.5, 0.6) is 0 Å². The predicted octanol–water partition coefficient (Wildman–Crippen LogP) is 2.96. The van der Waals surface area contributed by atoms with Crippen LogP contribution in [0.15, 0.2) is 36.5 Å². The maximum atomic E-state index is 9.59. The molecule has 1 aromatic carbocycles. The van der Waals surface area contributed by atoms with Gasteiger partial charge < -0.3 is 20.5 Å². The SMILES string of the molecule is OCC(OC1CC1)c1ccc2c(c1)NCc1cccnc1N2. The van der Waals surface area contributed by atoms with E-state index in [1.54, 1.807) is 6.20 Å². The summed E-state index contributed by atoms with van der Waals surface area (Å²) in [7, 11) is 0. The molecule has 2 heterocycles. The number of benzene rings is 1. The first-order valence-electron chi connectivity index (χ1n) is 7.68. The normalized spacial score (nSPS) is 17.5. The molecule has 22 heavy (non-hydrogen) atoms. The van der Waals surface area contributed by atoms with Crippen molar-refractivity contribution < 1.29 is 9.84 Å². The van der Waals surface area contributed by atoms with Crippen LogP contribution < -0.4 is 10.6 Å². The third-order valence-corrected chi connectivity index (χ3v) is 4.08. The third kappa shape index (κ3) is 2.65. The van der Waals surface area contributed by atoms with Crippen molar-refractivity contribution >= 4 is 17.2 Å². The van der Waals surface area contributed by atoms with E-state index in [9.17, 15) is 5.11 Å². The third-order valence-electron chi connectivity index (χ3n) is 4.08. The summed E-state index contributed by atoms with van der Waals surface area (Å²) in [6, 6.07) is 10.1. The maximum absolute atomic E-state index is 9.59. The van der Waals surface area contributed by atoms with Gasteiger partial charge in [-0.15, -0.1) is 0 Å². The zero-order valence-corrected chi connectivity index (χ0v) is 12.2. The van der Waals surface area contributed by atoms with Gasteiger partial charge >= 0.3 is 0 Å². The molecule has 1 atom stereocenters. The van der Waals surface area contributed by atoms with Crippen LogP contribution in [0.4, 0.5) is 17.2 Å². The van der Waals surface area contributed by atoms with E-state index < -0.39 is 0 Å². The number of aromatic nitrogens is 1. The first kappa shape index (κ1) is 13.5. The molecule has 0 spiro atoms. The van der Waals surface area contributed by atoms with Crippen LogP contribution >= 0.6 is 0 Å². The number of rotatable bonds is 4. The second-order valence-electron chi connectivity index (χ2n) is 5.80. The van der Waals surface area contributed by atoms with Gasteiger partial charge in [-0.2, -0.15) is 0 Å². The number of pyridine rings is 1. The van der Waals surface area contributed by atoms with E-state index in [1.165, 1.54) is 0 Å². The van der Waals surface area contributed by atoms with Crippen molar-refractivity contribution in [2.75, 3.05) is 17.2 Å². The highest BCUT2D eigenvalue weighted by atomic mass is 16.5. The fraction of sp³-hybridized carbons (Fsp3) is 0.353. The number of anilines is 3. The average Bonchev–Trinajstić information content (AvgIpc) is 3.38. The molecule has 3 N–H and O–H groups in total. The molecule has 1 aliphatic carbocycles. The summed E-state index contributed by atoms with van der Waals surface area (Å²) in [6.07, 6.45) is 4.06. The van der Waals surface area contributed by atoms with E-state index in [4.69, 9.17) is 4.74 Å². The second kappa shape index (κ2) is 5.59. The highest BCUT2D eigenvalue weighted by molar-refractivity contribution is 5.77. The van der Waals surface area contributed by atoms with Gasteiger partial charge in [0, 0.05) is 18.3 Å². The van der Waals surface area contributed by atoms with Gasteiger partial charge in [-0.1, -0.05) is 12.1 Å². The number of hydrogen-bond donors (Lipinski definition) is 3. The van der Waals surface area contributed by atoms with Crippen molar-refractivity contribution in [2.45, 2.75) is 31.6 Å². The molecule has 2 aliphatic rings. The van der Waals surface area contributed by atoms with Crippen LogP contribution in [0.1, 0.15) is 30.1 Å². The minimum atomic E-state index is -0.247. The van der Waals surface area contributed by atoms with E-state index in [0.29, 0.717) is 6.10 Å². The van der Waals surface area contributed by atoms with Gasteiger partial charge in [0.25, 0.3) is 0 Å². The molecule has 5 nitrogen and oxygen atoms in total. The Balaban J connectivity index is 1.62. The Morgan fingerprint density at radius 3 is 3.00 bits per heavy atom. The number of nitrogens with zero attached hydrogens (tertiary/aromatic N) is 1. The van der Waals surface area contributed by atoms with E-state index in [0.717, 1.165) is 47.7 Å². The molecule has 0 amide bonds. The molecule has 1 aliphatic heterocycles.